The van der Waals surface area contributed by atoms with E-state index in [-0.39, 0.29) is 17.5 Å². The second-order valence-corrected chi connectivity index (χ2v) is 4.00. The Morgan fingerprint density at radius 1 is 1.41 bits per heavy atom. The summed E-state index contributed by atoms with van der Waals surface area (Å²) in [5.41, 5.74) is 5.90. The third-order valence-corrected chi connectivity index (χ3v) is 2.48. The molecular formula is C10H16N6O. The molecule has 1 atom stereocenters. The Kier molecular flexibility index (Phi) is 3.10. The topological polar surface area (TPSA) is 112 Å². The maximum absolute atomic E-state index is 11.6. The third-order valence-electron chi connectivity index (χ3n) is 2.48. The molecule has 0 amide bonds. The molecule has 92 valence electrons. The van der Waals surface area contributed by atoms with Crippen LogP contribution in [0.1, 0.15) is 19.7 Å². The fourth-order valence-electron chi connectivity index (χ4n) is 1.78. The van der Waals surface area contributed by atoms with E-state index in [9.17, 15) is 4.79 Å². The maximum Gasteiger partial charge on any atom is 0.278 e. The summed E-state index contributed by atoms with van der Waals surface area (Å²) in [6.07, 6.45) is 0.712. The van der Waals surface area contributed by atoms with Crippen LogP contribution in [-0.4, -0.2) is 32.5 Å². The van der Waals surface area contributed by atoms with Crippen LogP contribution in [0.25, 0.3) is 11.2 Å². The Balaban J connectivity index is 2.32. The van der Waals surface area contributed by atoms with Crippen LogP contribution in [-0.2, 0) is 6.42 Å². The molecule has 5 N–H and O–H groups in total. The number of nitrogens with zero attached hydrogens (tertiary/aromatic N) is 2. The van der Waals surface area contributed by atoms with Gasteiger partial charge in [0.25, 0.3) is 5.56 Å². The Morgan fingerprint density at radius 2 is 2.18 bits per heavy atom. The van der Waals surface area contributed by atoms with E-state index < -0.39 is 0 Å². The van der Waals surface area contributed by atoms with Gasteiger partial charge in [0, 0.05) is 12.5 Å². The van der Waals surface area contributed by atoms with Crippen LogP contribution in [0.3, 0.4) is 0 Å². The molecule has 0 aliphatic carbocycles. The summed E-state index contributed by atoms with van der Waals surface area (Å²) in [4.78, 5) is 25.2. The Hall–Kier alpha value is -1.89. The lowest BCUT2D eigenvalue weighted by atomic mass is 10.2. The van der Waals surface area contributed by atoms with Crippen molar-refractivity contribution in [3.05, 3.63) is 16.2 Å². The van der Waals surface area contributed by atoms with Gasteiger partial charge in [-0.3, -0.25) is 9.78 Å². The normalized spacial score (nSPS) is 13.1. The van der Waals surface area contributed by atoms with Crippen LogP contribution in [0.4, 0.5) is 5.95 Å². The lowest BCUT2D eigenvalue weighted by molar-refractivity contribution is 0.555. The second-order valence-electron chi connectivity index (χ2n) is 4.00. The molecule has 17 heavy (non-hydrogen) atoms. The number of nitrogens with one attached hydrogen (secondary N) is 3. The molecule has 0 spiro atoms. The van der Waals surface area contributed by atoms with Gasteiger partial charge in [-0.05, 0) is 13.5 Å². The summed E-state index contributed by atoms with van der Waals surface area (Å²) in [6.45, 7) is 5.00. The molecule has 2 aromatic rings. The van der Waals surface area contributed by atoms with Crippen LogP contribution in [0.5, 0.6) is 0 Å². The molecule has 0 saturated carbocycles. The summed E-state index contributed by atoms with van der Waals surface area (Å²) >= 11 is 0. The standard InChI is InChI=1S/C10H16N6O/c1-3-12-5(2)4-6-13-7-8(14-6)15-10(11)16-9(7)17/h5,12H,3-4H2,1-2H3,(H4,11,13,14,15,16,17). The number of H-pyrrole nitrogens is 2. The number of anilines is 1. The minimum Gasteiger partial charge on any atom is -0.369 e. The van der Waals surface area contributed by atoms with Gasteiger partial charge in [0.1, 0.15) is 5.82 Å². The van der Waals surface area contributed by atoms with Gasteiger partial charge in [0.15, 0.2) is 11.2 Å². The second kappa shape index (κ2) is 4.54. The number of likely N-dealkylation sites (N-methyl/N-ethyl adjacent to an activating group) is 1. The number of rotatable bonds is 4. The largest absolute Gasteiger partial charge is 0.369 e. The van der Waals surface area contributed by atoms with E-state index in [0.29, 0.717) is 17.6 Å². The van der Waals surface area contributed by atoms with Gasteiger partial charge in [-0.1, -0.05) is 6.92 Å². The molecular weight excluding hydrogens is 220 g/mol. The molecule has 1 unspecified atom stereocenters. The summed E-state index contributed by atoms with van der Waals surface area (Å²) < 4.78 is 0. The van der Waals surface area contributed by atoms with Gasteiger partial charge in [-0.2, -0.15) is 4.98 Å². The highest BCUT2D eigenvalue weighted by Gasteiger charge is 2.10. The molecule has 0 aliphatic rings. The van der Waals surface area contributed by atoms with Gasteiger partial charge in [0.2, 0.25) is 5.95 Å². The molecule has 0 bridgehead atoms. The van der Waals surface area contributed by atoms with Crippen molar-refractivity contribution in [3.8, 4) is 0 Å². The third kappa shape index (κ3) is 2.44. The summed E-state index contributed by atoms with van der Waals surface area (Å²) in [7, 11) is 0. The van der Waals surface area contributed by atoms with Crippen molar-refractivity contribution in [2.45, 2.75) is 26.3 Å². The van der Waals surface area contributed by atoms with Crippen molar-refractivity contribution >= 4 is 17.1 Å². The van der Waals surface area contributed by atoms with Crippen LogP contribution in [0.2, 0.25) is 0 Å². The van der Waals surface area contributed by atoms with Crippen molar-refractivity contribution in [3.63, 3.8) is 0 Å². The van der Waals surface area contributed by atoms with Crippen LogP contribution in [0, 0.1) is 0 Å². The van der Waals surface area contributed by atoms with Gasteiger partial charge < -0.3 is 16.0 Å². The van der Waals surface area contributed by atoms with E-state index in [0.717, 1.165) is 12.4 Å². The number of hydrogen-bond acceptors (Lipinski definition) is 5. The lowest BCUT2D eigenvalue weighted by Gasteiger charge is -2.09. The average Bonchev–Trinajstić information content (AvgIpc) is 2.60. The van der Waals surface area contributed by atoms with Crippen molar-refractivity contribution in [2.75, 3.05) is 12.3 Å². The van der Waals surface area contributed by atoms with Gasteiger partial charge >= 0.3 is 0 Å². The molecule has 0 fully saturated rings. The molecule has 2 heterocycles. The van der Waals surface area contributed by atoms with Gasteiger partial charge in [-0.25, -0.2) is 4.98 Å². The monoisotopic (exact) mass is 236 g/mol. The highest BCUT2D eigenvalue weighted by Crippen LogP contribution is 2.06. The first-order valence-electron chi connectivity index (χ1n) is 5.58. The van der Waals surface area contributed by atoms with Crippen molar-refractivity contribution in [1.82, 2.24) is 25.3 Å². The van der Waals surface area contributed by atoms with E-state index in [1.807, 2.05) is 6.92 Å². The molecule has 0 radical (unpaired) electrons. The molecule has 0 aliphatic heterocycles. The Labute approximate surface area is 97.9 Å². The van der Waals surface area contributed by atoms with Crippen molar-refractivity contribution in [2.24, 2.45) is 0 Å². The molecule has 0 saturated heterocycles. The predicted octanol–water partition coefficient (Wildman–Crippen LogP) is -0.231. The summed E-state index contributed by atoms with van der Waals surface area (Å²) in [5, 5.41) is 3.27. The Bertz CT molecular complexity index is 572. The van der Waals surface area contributed by atoms with E-state index in [1.165, 1.54) is 0 Å². The smallest absolute Gasteiger partial charge is 0.278 e. The van der Waals surface area contributed by atoms with Crippen LogP contribution >= 0.6 is 0 Å². The van der Waals surface area contributed by atoms with E-state index >= 15 is 0 Å². The number of imidazole rings is 1. The van der Waals surface area contributed by atoms with E-state index in [2.05, 4.69) is 32.2 Å². The van der Waals surface area contributed by atoms with E-state index in [4.69, 9.17) is 5.73 Å². The first-order chi connectivity index (χ1) is 8.10. The van der Waals surface area contributed by atoms with Gasteiger partial charge in [0.05, 0.1) is 0 Å². The highest BCUT2D eigenvalue weighted by molar-refractivity contribution is 5.70. The number of hydrogen-bond donors (Lipinski definition) is 4. The zero-order valence-electron chi connectivity index (χ0n) is 9.87. The minimum absolute atomic E-state index is 0.0836. The molecule has 7 nitrogen and oxygen atoms in total. The predicted molar refractivity (Wildman–Crippen MR) is 65.8 cm³/mol. The zero-order chi connectivity index (χ0) is 12.4. The molecule has 2 rings (SSSR count). The molecule has 7 heteroatoms. The lowest BCUT2D eigenvalue weighted by Crippen LogP contribution is -2.27. The molecule has 0 aromatic carbocycles. The van der Waals surface area contributed by atoms with Crippen LogP contribution in [0.15, 0.2) is 4.79 Å². The number of fused-ring (bicyclic) bond motifs is 1. The van der Waals surface area contributed by atoms with Crippen molar-refractivity contribution in [1.29, 1.82) is 0 Å². The number of aromatic amines is 2. The van der Waals surface area contributed by atoms with E-state index in [1.54, 1.807) is 0 Å². The first kappa shape index (κ1) is 11.6. The average molecular weight is 236 g/mol. The number of nitrogen functional groups attached to an aromatic ring is 1. The number of aromatic nitrogens is 4. The highest BCUT2D eigenvalue weighted by atomic mass is 16.1. The zero-order valence-corrected chi connectivity index (χ0v) is 9.87. The summed E-state index contributed by atoms with van der Waals surface area (Å²) in [5.74, 6) is 0.817. The summed E-state index contributed by atoms with van der Waals surface area (Å²) in [6, 6.07) is 0.289. The SMILES string of the molecule is CCNC(C)Cc1nc2nc(N)[nH]c(=O)c2[nH]1. The Morgan fingerprint density at radius 3 is 2.88 bits per heavy atom. The quantitative estimate of drug-likeness (QED) is 0.585. The maximum atomic E-state index is 11.6. The fourth-order valence-corrected chi connectivity index (χ4v) is 1.78. The fraction of sp³-hybridized carbons (Fsp3) is 0.500. The van der Waals surface area contributed by atoms with Crippen LogP contribution < -0.4 is 16.6 Å². The minimum atomic E-state index is -0.289. The number of nitrogens with two attached hydrogens (primary N) is 1. The molecule has 2 aromatic heterocycles. The van der Waals surface area contributed by atoms with Crippen molar-refractivity contribution < 1.29 is 0 Å². The van der Waals surface area contributed by atoms with Gasteiger partial charge in [-0.15, -0.1) is 0 Å². The first-order valence-corrected chi connectivity index (χ1v) is 5.58.